The minimum absolute atomic E-state index is 0.0801. The number of carbonyl (C=O) groups is 1. The van der Waals surface area contributed by atoms with Gasteiger partial charge in [-0.05, 0) is 31.2 Å². The topological polar surface area (TPSA) is 90.7 Å². The van der Waals surface area contributed by atoms with Crippen LogP contribution in [0, 0.1) is 10.1 Å². The maximum atomic E-state index is 12.3. The Bertz CT molecular complexity index is 813. The Kier molecular flexibility index (Phi) is 6.06. The van der Waals surface area contributed by atoms with Gasteiger partial charge >= 0.3 is 0 Å². The Balaban J connectivity index is 2.17. The van der Waals surface area contributed by atoms with Crippen LogP contribution in [0.1, 0.15) is 6.92 Å². The van der Waals surface area contributed by atoms with Gasteiger partial charge in [0.2, 0.25) is 0 Å². The zero-order valence-electron chi connectivity index (χ0n) is 13.3. The van der Waals surface area contributed by atoms with Gasteiger partial charge in [-0.2, -0.15) is 0 Å². The molecule has 0 saturated carbocycles. The van der Waals surface area contributed by atoms with Crippen LogP contribution >= 0.6 is 23.2 Å². The van der Waals surface area contributed by atoms with Crippen LogP contribution in [-0.2, 0) is 4.79 Å². The maximum absolute atomic E-state index is 12.3. The number of ether oxygens (including phenoxy) is 2. The lowest BCUT2D eigenvalue weighted by molar-refractivity contribution is -0.385. The van der Waals surface area contributed by atoms with Gasteiger partial charge < -0.3 is 14.8 Å². The Morgan fingerprint density at radius 3 is 2.56 bits per heavy atom. The number of methoxy groups -OCH3 is 1. The van der Waals surface area contributed by atoms with Gasteiger partial charge in [-0.15, -0.1) is 0 Å². The second-order valence-corrected chi connectivity index (χ2v) is 5.81. The van der Waals surface area contributed by atoms with Crippen molar-refractivity contribution in [2.75, 3.05) is 12.4 Å². The average molecular weight is 385 g/mol. The van der Waals surface area contributed by atoms with Crippen molar-refractivity contribution in [2.45, 2.75) is 13.0 Å². The fourth-order valence-electron chi connectivity index (χ4n) is 1.94. The molecule has 7 nitrogen and oxygen atoms in total. The standard InChI is InChI=1S/C16H14Cl2N2O5/c1-9(16(21)19-13-7-10(17)3-5-12(13)18)25-15-8-11(20(22)23)4-6-14(15)24-2/h3-9H,1-2H3,(H,19,21). The SMILES string of the molecule is COc1ccc([N+](=O)[O-])cc1OC(C)C(=O)Nc1cc(Cl)ccc1Cl. The van der Waals surface area contributed by atoms with Gasteiger partial charge in [0.05, 0.1) is 28.8 Å². The van der Waals surface area contributed by atoms with E-state index in [0.29, 0.717) is 15.7 Å². The number of carbonyl (C=O) groups excluding carboxylic acids is 1. The van der Waals surface area contributed by atoms with Crippen molar-refractivity contribution in [3.63, 3.8) is 0 Å². The van der Waals surface area contributed by atoms with E-state index in [9.17, 15) is 14.9 Å². The van der Waals surface area contributed by atoms with Crippen molar-refractivity contribution in [3.8, 4) is 11.5 Å². The van der Waals surface area contributed by atoms with Gasteiger partial charge in [0, 0.05) is 11.1 Å². The van der Waals surface area contributed by atoms with E-state index < -0.39 is 16.9 Å². The smallest absolute Gasteiger partial charge is 0.273 e. The van der Waals surface area contributed by atoms with E-state index >= 15 is 0 Å². The molecular formula is C16H14Cl2N2O5. The van der Waals surface area contributed by atoms with Gasteiger partial charge in [0.1, 0.15) is 0 Å². The minimum Gasteiger partial charge on any atom is -0.493 e. The van der Waals surface area contributed by atoms with E-state index in [0.717, 1.165) is 0 Å². The van der Waals surface area contributed by atoms with E-state index in [2.05, 4.69) is 5.32 Å². The first kappa shape index (κ1) is 18.8. The van der Waals surface area contributed by atoms with Crippen LogP contribution in [0.5, 0.6) is 11.5 Å². The highest BCUT2D eigenvalue weighted by Gasteiger charge is 2.20. The molecule has 25 heavy (non-hydrogen) atoms. The molecule has 9 heteroatoms. The van der Waals surface area contributed by atoms with Gasteiger partial charge in [0.15, 0.2) is 17.6 Å². The molecule has 0 aliphatic rings. The van der Waals surface area contributed by atoms with Crippen LogP contribution < -0.4 is 14.8 Å². The van der Waals surface area contributed by atoms with Crippen molar-refractivity contribution in [2.24, 2.45) is 0 Å². The van der Waals surface area contributed by atoms with Crippen LogP contribution in [0.2, 0.25) is 10.0 Å². The number of amides is 1. The van der Waals surface area contributed by atoms with Crippen molar-refractivity contribution in [1.82, 2.24) is 0 Å². The predicted molar refractivity (Wildman–Crippen MR) is 94.8 cm³/mol. The molecule has 0 bridgehead atoms. The summed E-state index contributed by atoms with van der Waals surface area (Å²) in [4.78, 5) is 22.6. The van der Waals surface area contributed by atoms with E-state index in [1.54, 1.807) is 12.1 Å². The zero-order chi connectivity index (χ0) is 18.6. The Morgan fingerprint density at radius 2 is 1.92 bits per heavy atom. The fourth-order valence-corrected chi connectivity index (χ4v) is 2.28. The molecule has 0 aliphatic heterocycles. The van der Waals surface area contributed by atoms with E-state index in [4.69, 9.17) is 32.7 Å². The van der Waals surface area contributed by atoms with E-state index in [1.165, 1.54) is 38.3 Å². The predicted octanol–water partition coefficient (Wildman–Crippen LogP) is 4.32. The van der Waals surface area contributed by atoms with Crippen LogP contribution in [0.15, 0.2) is 36.4 Å². The number of nitro benzene ring substituents is 1. The Morgan fingerprint density at radius 1 is 1.20 bits per heavy atom. The van der Waals surface area contributed by atoms with Crippen molar-refractivity contribution >= 4 is 40.5 Å². The number of nitrogens with zero attached hydrogens (tertiary/aromatic N) is 1. The van der Waals surface area contributed by atoms with Gasteiger partial charge in [-0.25, -0.2) is 0 Å². The third kappa shape index (κ3) is 4.74. The highest BCUT2D eigenvalue weighted by atomic mass is 35.5. The fraction of sp³-hybridized carbons (Fsp3) is 0.188. The number of hydrogen-bond donors (Lipinski definition) is 1. The quantitative estimate of drug-likeness (QED) is 0.591. The molecule has 2 rings (SSSR count). The highest BCUT2D eigenvalue weighted by molar-refractivity contribution is 6.35. The normalized spacial score (nSPS) is 11.5. The zero-order valence-corrected chi connectivity index (χ0v) is 14.8. The molecule has 1 atom stereocenters. The van der Waals surface area contributed by atoms with Crippen LogP contribution in [0.4, 0.5) is 11.4 Å². The van der Waals surface area contributed by atoms with Gasteiger partial charge in [-0.3, -0.25) is 14.9 Å². The lowest BCUT2D eigenvalue weighted by Gasteiger charge is -2.17. The monoisotopic (exact) mass is 384 g/mol. The molecule has 132 valence electrons. The van der Waals surface area contributed by atoms with Crippen molar-refractivity contribution < 1.29 is 19.2 Å². The Labute approximate surface area is 153 Å². The van der Waals surface area contributed by atoms with Crippen molar-refractivity contribution in [1.29, 1.82) is 0 Å². The first-order valence-corrected chi connectivity index (χ1v) is 7.82. The summed E-state index contributed by atoms with van der Waals surface area (Å²) in [6.07, 6.45) is -0.967. The van der Waals surface area contributed by atoms with Gasteiger partial charge in [-0.1, -0.05) is 23.2 Å². The lowest BCUT2D eigenvalue weighted by Crippen LogP contribution is -2.30. The number of nitrogens with one attached hydrogen (secondary N) is 1. The van der Waals surface area contributed by atoms with Crippen LogP contribution in [-0.4, -0.2) is 24.0 Å². The Hall–Kier alpha value is -2.51. The van der Waals surface area contributed by atoms with Crippen LogP contribution in [0.3, 0.4) is 0 Å². The number of rotatable bonds is 6. The molecule has 1 unspecified atom stereocenters. The average Bonchev–Trinajstić information content (AvgIpc) is 2.57. The first-order valence-electron chi connectivity index (χ1n) is 7.07. The molecule has 0 radical (unpaired) electrons. The number of anilines is 1. The number of non-ortho nitro benzene ring substituents is 1. The van der Waals surface area contributed by atoms with Crippen molar-refractivity contribution in [3.05, 3.63) is 56.6 Å². The maximum Gasteiger partial charge on any atom is 0.273 e. The number of halogens is 2. The third-order valence-corrected chi connectivity index (χ3v) is 3.78. The first-order chi connectivity index (χ1) is 11.8. The van der Waals surface area contributed by atoms with Gasteiger partial charge in [0.25, 0.3) is 11.6 Å². The molecule has 0 fully saturated rings. The second kappa shape index (κ2) is 8.04. The number of nitro groups is 1. The molecule has 0 aliphatic carbocycles. The van der Waals surface area contributed by atoms with E-state index in [1.807, 2.05) is 0 Å². The summed E-state index contributed by atoms with van der Waals surface area (Å²) in [6.45, 7) is 1.49. The highest BCUT2D eigenvalue weighted by Crippen LogP contribution is 2.32. The molecule has 1 amide bonds. The second-order valence-electron chi connectivity index (χ2n) is 4.97. The molecule has 0 heterocycles. The molecule has 0 aromatic heterocycles. The summed E-state index contributed by atoms with van der Waals surface area (Å²) >= 11 is 11.9. The minimum atomic E-state index is -0.967. The molecule has 1 N–H and O–H groups in total. The molecular weight excluding hydrogens is 371 g/mol. The summed E-state index contributed by atoms with van der Waals surface area (Å²) < 4.78 is 10.6. The molecule has 0 spiro atoms. The molecule has 2 aromatic carbocycles. The largest absolute Gasteiger partial charge is 0.493 e. The number of benzene rings is 2. The van der Waals surface area contributed by atoms with Crippen LogP contribution in [0.25, 0.3) is 0 Å². The summed E-state index contributed by atoms with van der Waals surface area (Å²) in [6, 6.07) is 8.51. The summed E-state index contributed by atoms with van der Waals surface area (Å²) in [7, 11) is 1.39. The lowest BCUT2D eigenvalue weighted by atomic mass is 10.2. The summed E-state index contributed by atoms with van der Waals surface area (Å²) in [5.74, 6) is -0.152. The summed E-state index contributed by atoms with van der Waals surface area (Å²) in [5, 5.41) is 14.2. The third-order valence-electron chi connectivity index (χ3n) is 3.22. The summed E-state index contributed by atoms with van der Waals surface area (Å²) in [5.41, 5.74) is 0.155. The van der Waals surface area contributed by atoms with E-state index in [-0.39, 0.29) is 17.2 Å². The molecule has 2 aromatic rings. The molecule has 0 saturated heterocycles. The number of hydrogen-bond acceptors (Lipinski definition) is 5.